The third-order valence-electron chi connectivity index (χ3n) is 6.93. The Kier molecular flexibility index (Phi) is 7.73. The SMILES string of the molecule is COc1ccc(C(N)=O)c(-c2c(Cl)c(F)cc3c2[C@H](C)[C@@](CN(C)C(=O)OC(C)(C)C)(c2ccccc2)O3)c1F. The first-order valence-corrected chi connectivity index (χ1v) is 13.0. The zero-order chi connectivity index (χ0) is 29.6. The lowest BCUT2D eigenvalue weighted by atomic mass is 9.77. The van der Waals surface area contributed by atoms with Gasteiger partial charge in [0.2, 0.25) is 5.91 Å². The van der Waals surface area contributed by atoms with Crippen LogP contribution in [0.15, 0.2) is 48.5 Å². The van der Waals surface area contributed by atoms with Gasteiger partial charge in [-0.05, 0) is 38.5 Å². The van der Waals surface area contributed by atoms with E-state index < -0.39 is 45.8 Å². The van der Waals surface area contributed by atoms with E-state index >= 15 is 8.78 Å². The van der Waals surface area contributed by atoms with Crippen LogP contribution in [0.1, 0.15) is 55.1 Å². The Labute approximate surface area is 236 Å². The topological polar surface area (TPSA) is 91.1 Å². The number of likely N-dealkylation sites (N-methyl/N-ethyl adjacent to an activating group) is 1. The fourth-order valence-electron chi connectivity index (χ4n) is 5.10. The van der Waals surface area contributed by atoms with E-state index in [1.165, 1.54) is 24.1 Å². The number of hydrogen-bond donors (Lipinski definition) is 1. The lowest BCUT2D eigenvalue weighted by Gasteiger charge is -2.37. The van der Waals surface area contributed by atoms with E-state index in [0.717, 1.165) is 6.07 Å². The minimum atomic E-state index is -1.26. The van der Waals surface area contributed by atoms with Gasteiger partial charge < -0.3 is 24.8 Å². The highest BCUT2D eigenvalue weighted by Crippen LogP contribution is 2.56. The van der Waals surface area contributed by atoms with Crippen molar-refractivity contribution in [2.24, 2.45) is 5.73 Å². The van der Waals surface area contributed by atoms with Crippen molar-refractivity contribution >= 4 is 23.6 Å². The van der Waals surface area contributed by atoms with Gasteiger partial charge in [-0.2, -0.15) is 0 Å². The first kappa shape index (κ1) is 29.1. The number of primary amides is 1. The number of amides is 2. The quantitative estimate of drug-likeness (QED) is 0.357. The smallest absolute Gasteiger partial charge is 0.410 e. The van der Waals surface area contributed by atoms with E-state index in [0.29, 0.717) is 11.1 Å². The average Bonchev–Trinajstić information content (AvgIpc) is 3.15. The molecule has 1 heterocycles. The number of nitrogens with zero attached hydrogens (tertiary/aromatic N) is 1. The Hall–Kier alpha value is -3.85. The van der Waals surface area contributed by atoms with Crippen LogP contribution in [-0.2, 0) is 10.3 Å². The molecule has 40 heavy (non-hydrogen) atoms. The number of fused-ring (bicyclic) bond motifs is 1. The van der Waals surface area contributed by atoms with Crippen molar-refractivity contribution in [1.29, 1.82) is 0 Å². The first-order chi connectivity index (χ1) is 18.7. The van der Waals surface area contributed by atoms with Crippen molar-refractivity contribution in [2.45, 2.75) is 44.8 Å². The van der Waals surface area contributed by atoms with Gasteiger partial charge in [0.1, 0.15) is 17.2 Å². The van der Waals surface area contributed by atoms with Gasteiger partial charge in [-0.3, -0.25) is 4.79 Å². The normalized spacial score (nSPS) is 18.1. The van der Waals surface area contributed by atoms with E-state index in [4.69, 9.17) is 31.5 Å². The summed E-state index contributed by atoms with van der Waals surface area (Å²) >= 11 is 6.51. The third kappa shape index (κ3) is 5.06. The van der Waals surface area contributed by atoms with Crippen molar-refractivity contribution in [3.63, 3.8) is 0 Å². The van der Waals surface area contributed by atoms with Gasteiger partial charge in [-0.25, -0.2) is 13.6 Å². The van der Waals surface area contributed by atoms with Crippen LogP contribution >= 0.6 is 11.6 Å². The van der Waals surface area contributed by atoms with Crippen LogP contribution in [0.5, 0.6) is 11.5 Å². The van der Waals surface area contributed by atoms with Gasteiger partial charge in [0, 0.05) is 35.7 Å². The van der Waals surface area contributed by atoms with Crippen LogP contribution < -0.4 is 15.2 Å². The molecule has 0 aromatic heterocycles. The zero-order valence-electron chi connectivity index (χ0n) is 23.1. The van der Waals surface area contributed by atoms with E-state index in [9.17, 15) is 9.59 Å². The maximum atomic E-state index is 15.9. The monoisotopic (exact) mass is 572 g/mol. The molecule has 2 amide bonds. The number of methoxy groups -OCH3 is 1. The standard InChI is InChI=1S/C30H31ClF2N2O5/c1-16-22-21(14-19(32)25(31)24(22)23-18(27(34)36)12-13-20(38-6)26(23)33)39-30(16,17-10-8-7-9-11-17)15-35(5)28(37)40-29(2,3)4/h7-14,16H,15H2,1-6H3,(H2,34,36)/t16-,30-/m0/s1. The lowest BCUT2D eigenvalue weighted by Crippen LogP contribution is -2.47. The molecule has 2 atom stereocenters. The van der Waals surface area contributed by atoms with Gasteiger partial charge >= 0.3 is 6.09 Å². The molecule has 2 N–H and O–H groups in total. The molecule has 212 valence electrons. The van der Waals surface area contributed by atoms with Gasteiger partial charge in [0.05, 0.1) is 24.2 Å². The van der Waals surface area contributed by atoms with Crippen molar-refractivity contribution < 1.29 is 32.6 Å². The van der Waals surface area contributed by atoms with Crippen molar-refractivity contribution in [1.82, 2.24) is 4.90 Å². The molecule has 7 nitrogen and oxygen atoms in total. The Morgan fingerprint density at radius 2 is 1.77 bits per heavy atom. The molecule has 0 saturated heterocycles. The summed E-state index contributed by atoms with van der Waals surface area (Å²) in [5, 5.41) is -0.409. The number of carbonyl (C=O) groups excluding carboxylic acids is 2. The van der Waals surface area contributed by atoms with E-state index in [2.05, 4.69) is 0 Å². The molecule has 1 aliphatic rings. The van der Waals surface area contributed by atoms with Crippen LogP contribution in [-0.4, -0.2) is 43.2 Å². The molecule has 0 spiro atoms. The minimum absolute atomic E-state index is 0.0102. The molecule has 4 rings (SSSR count). The summed E-state index contributed by atoms with van der Waals surface area (Å²) in [6.07, 6.45) is -0.589. The Balaban J connectivity index is 1.97. The maximum Gasteiger partial charge on any atom is 0.410 e. The molecule has 3 aromatic carbocycles. The Bertz CT molecular complexity index is 1480. The van der Waals surface area contributed by atoms with Crippen LogP contribution in [0, 0.1) is 11.6 Å². The number of nitrogens with two attached hydrogens (primary N) is 1. The fourth-order valence-corrected chi connectivity index (χ4v) is 5.36. The highest BCUT2D eigenvalue weighted by molar-refractivity contribution is 6.34. The molecule has 10 heteroatoms. The number of hydrogen-bond acceptors (Lipinski definition) is 5. The summed E-state index contributed by atoms with van der Waals surface area (Å²) in [5.41, 5.74) is 4.05. The predicted molar refractivity (Wildman–Crippen MR) is 148 cm³/mol. The molecule has 0 unspecified atom stereocenters. The second kappa shape index (κ2) is 10.6. The largest absolute Gasteiger partial charge is 0.494 e. The molecule has 1 aliphatic heterocycles. The number of rotatable bonds is 6. The summed E-state index contributed by atoms with van der Waals surface area (Å²) < 4.78 is 48.4. The van der Waals surface area contributed by atoms with Crippen molar-refractivity contribution in [3.05, 3.63) is 81.9 Å². The zero-order valence-corrected chi connectivity index (χ0v) is 23.9. The third-order valence-corrected chi connectivity index (χ3v) is 7.30. The fraction of sp³-hybridized carbons (Fsp3) is 0.333. The first-order valence-electron chi connectivity index (χ1n) is 12.6. The molecule has 3 aromatic rings. The molecule has 0 radical (unpaired) electrons. The number of benzene rings is 3. The molecule has 0 fully saturated rings. The Morgan fingerprint density at radius 1 is 1.12 bits per heavy atom. The number of carbonyl (C=O) groups is 2. The van der Waals surface area contributed by atoms with Crippen molar-refractivity contribution in [3.8, 4) is 22.6 Å². The van der Waals surface area contributed by atoms with Crippen LogP contribution in [0.4, 0.5) is 13.6 Å². The van der Waals surface area contributed by atoms with Crippen molar-refractivity contribution in [2.75, 3.05) is 20.7 Å². The summed E-state index contributed by atoms with van der Waals surface area (Å²) in [6, 6.07) is 12.8. The molecular formula is C30H31ClF2N2O5. The van der Waals surface area contributed by atoms with Crippen LogP contribution in [0.3, 0.4) is 0 Å². The highest BCUT2D eigenvalue weighted by Gasteiger charge is 2.51. The van der Waals surface area contributed by atoms with E-state index in [1.54, 1.807) is 27.8 Å². The molecular weight excluding hydrogens is 542 g/mol. The minimum Gasteiger partial charge on any atom is -0.494 e. The maximum absolute atomic E-state index is 15.9. The van der Waals surface area contributed by atoms with Gasteiger partial charge in [-0.1, -0.05) is 48.9 Å². The number of ether oxygens (including phenoxy) is 3. The van der Waals surface area contributed by atoms with Gasteiger partial charge in [-0.15, -0.1) is 0 Å². The number of halogens is 3. The Morgan fingerprint density at radius 3 is 2.35 bits per heavy atom. The van der Waals surface area contributed by atoms with E-state index in [-0.39, 0.29) is 34.7 Å². The summed E-state index contributed by atoms with van der Waals surface area (Å²) in [6.45, 7) is 7.07. The van der Waals surface area contributed by atoms with Gasteiger partial charge in [0.25, 0.3) is 0 Å². The molecule has 0 saturated carbocycles. The summed E-state index contributed by atoms with van der Waals surface area (Å²) in [7, 11) is 2.83. The molecule has 0 bridgehead atoms. The van der Waals surface area contributed by atoms with E-state index in [1.807, 2.05) is 37.3 Å². The van der Waals surface area contributed by atoms with Crippen LogP contribution in [0.25, 0.3) is 11.1 Å². The summed E-state index contributed by atoms with van der Waals surface area (Å²) in [5.74, 6) is -3.47. The lowest BCUT2D eigenvalue weighted by molar-refractivity contribution is -0.000670. The highest BCUT2D eigenvalue weighted by atomic mass is 35.5. The van der Waals surface area contributed by atoms with Gasteiger partial charge in [0.15, 0.2) is 17.2 Å². The summed E-state index contributed by atoms with van der Waals surface area (Å²) in [4.78, 5) is 26.8. The average molecular weight is 573 g/mol. The van der Waals surface area contributed by atoms with Crippen LogP contribution in [0.2, 0.25) is 5.02 Å². The second-order valence-corrected chi connectivity index (χ2v) is 11.1. The second-order valence-electron chi connectivity index (χ2n) is 10.7. The molecule has 0 aliphatic carbocycles. The predicted octanol–water partition coefficient (Wildman–Crippen LogP) is 6.65.